The average molecular weight is 523 g/mol. The summed E-state index contributed by atoms with van der Waals surface area (Å²) >= 11 is 1.39. The molecule has 0 saturated heterocycles. The van der Waals surface area contributed by atoms with Crippen LogP contribution in [-0.4, -0.2) is 32.4 Å². The Labute approximate surface area is 220 Å². The number of nitrogens with zero attached hydrogens (tertiary/aromatic N) is 2. The van der Waals surface area contributed by atoms with Gasteiger partial charge in [-0.25, -0.2) is 9.78 Å². The molecule has 7 nitrogen and oxygen atoms in total. The summed E-state index contributed by atoms with van der Waals surface area (Å²) in [7, 11) is 0. The molecule has 4 fully saturated rings. The van der Waals surface area contributed by atoms with E-state index in [1.54, 1.807) is 18.2 Å². The molecule has 4 aliphatic rings. The quantitative estimate of drug-likeness (QED) is 0.358. The number of carbonyl (C=O) groups is 1. The predicted octanol–water partition coefficient (Wildman–Crippen LogP) is 6.64. The van der Waals surface area contributed by atoms with E-state index >= 15 is 0 Å². The Morgan fingerprint density at radius 1 is 1.03 bits per heavy atom. The molecule has 0 atom stereocenters. The van der Waals surface area contributed by atoms with Crippen molar-refractivity contribution in [2.45, 2.75) is 107 Å². The second kappa shape index (κ2) is 8.89. The standard InChI is InChI=1S/C29H34N2O5S/c32-26(33)19-3-4-22-23(15-19)37-27(30-22)29(34)11-7-20(8-12-29)35-16-21-24(31-36-25(21)18-1-2-18)17-5-9-28(10-6-17)13-14-28/h3-4,15,17-18,20,34H,1-2,5-14,16H2,(H,32,33)/t20-,29+. The van der Waals surface area contributed by atoms with Gasteiger partial charge in [0.15, 0.2) is 0 Å². The van der Waals surface area contributed by atoms with Crippen molar-refractivity contribution in [1.82, 2.24) is 10.1 Å². The fourth-order valence-corrected chi connectivity index (χ4v) is 7.71. The van der Waals surface area contributed by atoms with E-state index in [0.717, 1.165) is 34.5 Å². The molecule has 8 heteroatoms. The van der Waals surface area contributed by atoms with Crippen LogP contribution in [0.25, 0.3) is 10.2 Å². The summed E-state index contributed by atoms with van der Waals surface area (Å²) in [5.74, 6) is 1.11. The first-order valence-electron chi connectivity index (χ1n) is 13.9. The lowest BCUT2D eigenvalue weighted by molar-refractivity contribution is -0.0642. The Balaban J connectivity index is 1.01. The molecule has 37 heavy (non-hydrogen) atoms. The third kappa shape index (κ3) is 4.51. The molecule has 7 rings (SSSR count). The maximum absolute atomic E-state index is 11.4. The van der Waals surface area contributed by atoms with Crippen LogP contribution < -0.4 is 0 Å². The summed E-state index contributed by atoms with van der Waals surface area (Å²) in [6.07, 6.45) is 13.1. The van der Waals surface area contributed by atoms with Crippen LogP contribution in [0.5, 0.6) is 0 Å². The van der Waals surface area contributed by atoms with Crippen LogP contribution in [0.2, 0.25) is 0 Å². The van der Waals surface area contributed by atoms with E-state index in [9.17, 15) is 15.0 Å². The highest BCUT2D eigenvalue weighted by molar-refractivity contribution is 7.18. The Bertz CT molecular complexity index is 1320. The fourth-order valence-electron chi connectivity index (χ4n) is 6.55. The minimum Gasteiger partial charge on any atom is -0.478 e. The summed E-state index contributed by atoms with van der Waals surface area (Å²) in [6, 6.07) is 4.93. The number of carboxylic acids is 1. The van der Waals surface area contributed by atoms with Gasteiger partial charge in [-0.3, -0.25) is 0 Å². The number of fused-ring (bicyclic) bond motifs is 1. The minimum atomic E-state index is -0.991. The van der Waals surface area contributed by atoms with Crippen LogP contribution in [-0.2, 0) is 16.9 Å². The first-order valence-corrected chi connectivity index (χ1v) is 14.7. The van der Waals surface area contributed by atoms with Crippen LogP contribution in [0.15, 0.2) is 22.7 Å². The first kappa shape index (κ1) is 23.8. The Kier molecular flexibility index (Phi) is 5.72. The van der Waals surface area contributed by atoms with Crippen molar-refractivity contribution in [2.24, 2.45) is 5.41 Å². The maximum Gasteiger partial charge on any atom is 0.335 e. The number of aliphatic hydroxyl groups is 1. The van der Waals surface area contributed by atoms with Crippen LogP contribution >= 0.6 is 11.3 Å². The van der Waals surface area contributed by atoms with Gasteiger partial charge in [-0.05, 0) is 101 Å². The molecular formula is C29H34N2O5S. The van der Waals surface area contributed by atoms with Gasteiger partial charge < -0.3 is 19.5 Å². The van der Waals surface area contributed by atoms with Gasteiger partial charge >= 0.3 is 5.97 Å². The summed E-state index contributed by atoms with van der Waals surface area (Å²) in [5.41, 5.74) is 3.01. The summed E-state index contributed by atoms with van der Waals surface area (Å²) < 4.78 is 13.2. The monoisotopic (exact) mass is 522 g/mol. The zero-order chi connectivity index (χ0) is 25.2. The van der Waals surface area contributed by atoms with E-state index in [1.807, 2.05) is 0 Å². The summed E-state index contributed by atoms with van der Waals surface area (Å²) in [5, 5.41) is 26.0. The highest BCUT2D eigenvalue weighted by Crippen LogP contribution is 2.59. The lowest BCUT2D eigenvalue weighted by Crippen LogP contribution is -2.34. The number of rotatable bonds is 7. The molecule has 0 bridgehead atoms. The molecule has 0 radical (unpaired) electrons. The molecule has 1 spiro atoms. The number of hydrogen-bond acceptors (Lipinski definition) is 7. The Hall–Kier alpha value is -2.29. The van der Waals surface area contributed by atoms with Crippen molar-refractivity contribution in [3.8, 4) is 0 Å². The van der Waals surface area contributed by atoms with Crippen LogP contribution in [0.1, 0.15) is 121 Å². The Morgan fingerprint density at radius 3 is 2.46 bits per heavy atom. The topological polar surface area (TPSA) is 106 Å². The van der Waals surface area contributed by atoms with Crippen molar-refractivity contribution >= 4 is 27.5 Å². The number of benzene rings is 1. The maximum atomic E-state index is 11.4. The molecule has 2 aromatic heterocycles. The molecule has 0 aliphatic heterocycles. The molecular weight excluding hydrogens is 488 g/mol. The summed E-state index contributed by atoms with van der Waals surface area (Å²) in [4.78, 5) is 16.0. The third-order valence-corrected chi connectivity index (χ3v) is 10.7. The van der Waals surface area contributed by atoms with Crippen molar-refractivity contribution in [2.75, 3.05) is 0 Å². The average Bonchev–Trinajstić information content (AvgIpc) is 3.80. The molecule has 1 aromatic carbocycles. The first-order chi connectivity index (χ1) is 17.9. The Morgan fingerprint density at radius 2 is 1.78 bits per heavy atom. The number of hydrogen-bond donors (Lipinski definition) is 2. The van der Waals surface area contributed by atoms with E-state index in [1.165, 1.54) is 68.3 Å². The molecule has 0 unspecified atom stereocenters. The number of aromatic carboxylic acids is 1. The normalized spacial score (nSPS) is 27.6. The lowest BCUT2D eigenvalue weighted by atomic mass is 9.77. The van der Waals surface area contributed by atoms with Crippen molar-refractivity contribution in [3.05, 3.63) is 45.8 Å². The van der Waals surface area contributed by atoms with Gasteiger partial charge in [-0.15, -0.1) is 11.3 Å². The highest BCUT2D eigenvalue weighted by Gasteiger charge is 2.46. The second-order valence-electron chi connectivity index (χ2n) is 12.0. The van der Waals surface area contributed by atoms with Crippen molar-refractivity contribution in [3.63, 3.8) is 0 Å². The van der Waals surface area contributed by atoms with Crippen LogP contribution in [0, 0.1) is 5.41 Å². The number of carboxylic acid groups (broad SMARTS) is 1. The molecule has 196 valence electrons. The van der Waals surface area contributed by atoms with Gasteiger partial charge in [0.1, 0.15) is 16.4 Å². The number of aromatic nitrogens is 2. The molecule has 2 heterocycles. The number of ether oxygens (including phenoxy) is 1. The third-order valence-electron chi connectivity index (χ3n) is 9.44. The highest BCUT2D eigenvalue weighted by atomic mass is 32.1. The summed E-state index contributed by atoms with van der Waals surface area (Å²) in [6.45, 7) is 0.550. The lowest BCUT2D eigenvalue weighted by Gasteiger charge is -2.34. The van der Waals surface area contributed by atoms with Gasteiger partial charge in [-0.1, -0.05) is 5.16 Å². The molecule has 0 amide bonds. The van der Waals surface area contributed by atoms with Gasteiger partial charge in [0.2, 0.25) is 0 Å². The van der Waals surface area contributed by atoms with E-state index in [-0.39, 0.29) is 11.7 Å². The van der Waals surface area contributed by atoms with Crippen molar-refractivity contribution < 1.29 is 24.3 Å². The van der Waals surface area contributed by atoms with Crippen LogP contribution in [0.4, 0.5) is 0 Å². The SMILES string of the molecule is O=C(O)c1ccc2nc([C@]3(O)CC[C@@H](OCc4c(C5CCC6(CC5)CC6)noc4C4CC4)CC3)sc2c1. The smallest absolute Gasteiger partial charge is 0.335 e. The van der Waals surface area contributed by atoms with Crippen molar-refractivity contribution in [1.29, 1.82) is 0 Å². The second-order valence-corrected chi connectivity index (χ2v) is 13.0. The zero-order valence-corrected chi connectivity index (χ0v) is 21.9. The molecule has 2 N–H and O–H groups in total. The molecule has 3 aromatic rings. The van der Waals surface area contributed by atoms with E-state index in [2.05, 4.69) is 10.1 Å². The minimum absolute atomic E-state index is 0.0872. The number of thiazole rings is 1. The molecule has 4 aliphatic carbocycles. The predicted molar refractivity (Wildman–Crippen MR) is 139 cm³/mol. The van der Waals surface area contributed by atoms with Crippen LogP contribution in [0.3, 0.4) is 0 Å². The van der Waals surface area contributed by atoms with Gasteiger partial charge in [0.25, 0.3) is 0 Å². The molecule has 4 saturated carbocycles. The van der Waals surface area contributed by atoms with E-state index in [0.29, 0.717) is 41.7 Å². The van der Waals surface area contributed by atoms with Gasteiger partial charge in [-0.2, -0.15) is 0 Å². The van der Waals surface area contributed by atoms with Gasteiger partial charge in [0, 0.05) is 17.4 Å². The van der Waals surface area contributed by atoms with E-state index in [4.69, 9.17) is 9.26 Å². The largest absolute Gasteiger partial charge is 0.478 e. The fraction of sp³-hybridized carbons (Fsp3) is 0.621. The van der Waals surface area contributed by atoms with Gasteiger partial charge in [0.05, 0.1) is 34.2 Å². The van der Waals surface area contributed by atoms with E-state index < -0.39 is 11.6 Å². The zero-order valence-electron chi connectivity index (χ0n) is 21.1.